The molecule has 3 nitrogen and oxygen atoms in total. The summed E-state index contributed by atoms with van der Waals surface area (Å²) in [4.78, 5) is 13.5. The van der Waals surface area contributed by atoms with Crippen molar-refractivity contribution >= 4 is 5.91 Å². The number of halogens is 2. The molecule has 1 aromatic carbocycles. The molecule has 2 unspecified atom stereocenters. The van der Waals surface area contributed by atoms with E-state index in [1.807, 2.05) is 37.3 Å². The fraction of sp³-hybridized carbons (Fsp3) is 0.500. The van der Waals surface area contributed by atoms with E-state index in [0.29, 0.717) is 6.42 Å². The predicted octanol–water partition coefficient (Wildman–Crippen LogP) is 2.55. The largest absolute Gasteiger partial charge is 0.320 e. The molecule has 2 rings (SSSR count). The quantitative estimate of drug-likeness (QED) is 0.890. The van der Waals surface area contributed by atoms with Gasteiger partial charge in [0.25, 0.3) is 6.43 Å². The number of nitrogens with one attached hydrogen (secondary N) is 1. The number of rotatable bonds is 5. The highest BCUT2D eigenvalue weighted by atomic mass is 19.3. The Morgan fingerprint density at radius 1 is 1.32 bits per heavy atom. The second-order valence-electron chi connectivity index (χ2n) is 4.70. The second-order valence-corrected chi connectivity index (χ2v) is 4.70. The molecule has 1 heterocycles. The monoisotopic (exact) mass is 268 g/mol. The Bertz CT molecular complexity index is 425. The van der Waals surface area contributed by atoms with Gasteiger partial charge in [0, 0.05) is 0 Å². The lowest BCUT2D eigenvalue weighted by Crippen LogP contribution is -2.40. The van der Waals surface area contributed by atoms with Gasteiger partial charge in [-0.2, -0.15) is 0 Å². The lowest BCUT2D eigenvalue weighted by Gasteiger charge is -2.23. The third-order valence-corrected chi connectivity index (χ3v) is 3.30. The fourth-order valence-corrected chi connectivity index (χ4v) is 2.44. The van der Waals surface area contributed by atoms with Gasteiger partial charge in [0.1, 0.15) is 6.04 Å². The first-order chi connectivity index (χ1) is 9.13. The molecule has 0 aliphatic carbocycles. The lowest BCUT2D eigenvalue weighted by atomic mass is 10.1. The van der Waals surface area contributed by atoms with Gasteiger partial charge in [0.2, 0.25) is 5.91 Å². The van der Waals surface area contributed by atoms with Gasteiger partial charge >= 0.3 is 0 Å². The van der Waals surface area contributed by atoms with Gasteiger partial charge in [0.15, 0.2) is 0 Å². The van der Waals surface area contributed by atoms with E-state index in [4.69, 9.17) is 0 Å². The number of alkyl halides is 2. The zero-order valence-electron chi connectivity index (χ0n) is 10.9. The highest BCUT2D eigenvalue weighted by Crippen LogP contribution is 2.26. The highest BCUT2D eigenvalue weighted by Gasteiger charge is 2.39. The first-order valence-electron chi connectivity index (χ1n) is 6.53. The zero-order valence-corrected chi connectivity index (χ0v) is 10.9. The summed E-state index contributed by atoms with van der Waals surface area (Å²) in [5.74, 6) is -0.259. The Labute approximate surface area is 111 Å². The first kappa shape index (κ1) is 13.9. The fourth-order valence-electron chi connectivity index (χ4n) is 2.44. The smallest absolute Gasteiger partial charge is 0.255 e. The molecule has 2 atom stereocenters. The molecule has 0 bridgehead atoms. The molecule has 19 heavy (non-hydrogen) atoms. The number of nitrogens with zero attached hydrogens (tertiary/aromatic N) is 1. The summed E-state index contributed by atoms with van der Waals surface area (Å²) in [5, 5.41) is 3.16. The summed E-state index contributed by atoms with van der Waals surface area (Å²) >= 11 is 0. The van der Waals surface area contributed by atoms with Crippen LogP contribution in [0.4, 0.5) is 8.78 Å². The van der Waals surface area contributed by atoms with Crippen LogP contribution in [0.1, 0.15) is 31.4 Å². The average molecular weight is 268 g/mol. The van der Waals surface area contributed by atoms with Gasteiger partial charge < -0.3 is 4.90 Å². The highest BCUT2D eigenvalue weighted by molar-refractivity contribution is 5.85. The molecule has 0 saturated carbocycles. The van der Waals surface area contributed by atoms with Crippen LogP contribution in [0.15, 0.2) is 30.3 Å². The molecule has 1 fully saturated rings. The summed E-state index contributed by atoms with van der Waals surface area (Å²) in [6, 6.07) is 8.72. The van der Waals surface area contributed by atoms with Gasteiger partial charge in [-0.1, -0.05) is 43.7 Å². The summed E-state index contributed by atoms with van der Waals surface area (Å²) in [5.41, 5.74) is 0.824. The van der Waals surface area contributed by atoms with Gasteiger partial charge in [0.05, 0.1) is 12.7 Å². The Balaban J connectivity index is 2.18. The van der Waals surface area contributed by atoms with Crippen molar-refractivity contribution in [3.8, 4) is 0 Å². The van der Waals surface area contributed by atoms with E-state index in [2.05, 4.69) is 5.32 Å². The maximum atomic E-state index is 12.6. The molecule has 0 aromatic heterocycles. The molecule has 1 N–H and O–H groups in total. The minimum absolute atomic E-state index is 0.259. The molecule has 104 valence electrons. The second kappa shape index (κ2) is 6.10. The van der Waals surface area contributed by atoms with Crippen LogP contribution in [0.3, 0.4) is 0 Å². The summed E-state index contributed by atoms with van der Waals surface area (Å²) in [7, 11) is 0. The molecular formula is C14H18F2N2O. The minimum Gasteiger partial charge on any atom is -0.320 e. The predicted molar refractivity (Wildman–Crippen MR) is 68.7 cm³/mol. The maximum absolute atomic E-state index is 12.6. The Kier molecular flexibility index (Phi) is 4.47. The van der Waals surface area contributed by atoms with Gasteiger partial charge in [-0.15, -0.1) is 0 Å². The summed E-state index contributed by atoms with van der Waals surface area (Å²) < 4.78 is 25.2. The number of carbonyl (C=O) groups excluding carboxylic acids is 1. The Hall–Kier alpha value is -1.49. The first-order valence-corrected chi connectivity index (χ1v) is 6.53. The SMILES string of the molecule is CCCC1NC(c2ccccc2)C(=O)N1CC(F)F. The van der Waals surface area contributed by atoms with Crippen molar-refractivity contribution in [1.82, 2.24) is 10.2 Å². The molecule has 1 aromatic rings. The van der Waals surface area contributed by atoms with E-state index in [1.165, 1.54) is 4.90 Å². The molecule has 0 radical (unpaired) electrons. The van der Waals surface area contributed by atoms with E-state index in [0.717, 1.165) is 12.0 Å². The van der Waals surface area contributed by atoms with Crippen LogP contribution in [0.25, 0.3) is 0 Å². The van der Waals surface area contributed by atoms with Crippen molar-refractivity contribution in [1.29, 1.82) is 0 Å². The van der Waals surface area contributed by atoms with Crippen LogP contribution in [0.2, 0.25) is 0 Å². The number of benzene rings is 1. The lowest BCUT2D eigenvalue weighted by molar-refractivity contribution is -0.132. The molecule has 1 saturated heterocycles. The molecule has 0 spiro atoms. The van der Waals surface area contributed by atoms with Crippen LogP contribution < -0.4 is 5.32 Å². The van der Waals surface area contributed by atoms with Crippen molar-refractivity contribution in [3.63, 3.8) is 0 Å². The minimum atomic E-state index is -2.50. The van der Waals surface area contributed by atoms with Crippen LogP contribution in [0, 0.1) is 0 Å². The molecule has 1 aliphatic heterocycles. The van der Waals surface area contributed by atoms with Crippen LogP contribution in [-0.4, -0.2) is 29.9 Å². The number of amides is 1. The molecule has 5 heteroatoms. The Morgan fingerprint density at radius 3 is 2.58 bits per heavy atom. The van der Waals surface area contributed by atoms with E-state index in [9.17, 15) is 13.6 Å². The summed E-state index contributed by atoms with van der Waals surface area (Å²) in [6.07, 6.45) is -1.27. The van der Waals surface area contributed by atoms with Crippen molar-refractivity contribution in [2.45, 2.75) is 38.4 Å². The van der Waals surface area contributed by atoms with Crippen molar-refractivity contribution in [3.05, 3.63) is 35.9 Å². The normalized spacial score (nSPS) is 23.4. The van der Waals surface area contributed by atoms with Gasteiger partial charge in [-0.25, -0.2) is 8.78 Å². The standard InChI is InChI=1S/C14H18F2N2O/c1-2-6-12-17-13(10-7-4-3-5-8-10)14(19)18(12)9-11(15)16/h3-5,7-8,11-13,17H,2,6,9H2,1H3. The molecule has 1 amide bonds. The third-order valence-electron chi connectivity index (χ3n) is 3.30. The number of hydrogen-bond acceptors (Lipinski definition) is 2. The topological polar surface area (TPSA) is 32.3 Å². The molecular weight excluding hydrogens is 250 g/mol. The van der Waals surface area contributed by atoms with Crippen LogP contribution >= 0.6 is 0 Å². The number of hydrogen-bond donors (Lipinski definition) is 1. The van der Waals surface area contributed by atoms with E-state index in [1.54, 1.807) is 0 Å². The molecule has 1 aliphatic rings. The van der Waals surface area contributed by atoms with E-state index >= 15 is 0 Å². The summed E-state index contributed by atoms with van der Waals surface area (Å²) in [6.45, 7) is 1.47. The third kappa shape index (κ3) is 3.10. The zero-order chi connectivity index (χ0) is 13.8. The van der Waals surface area contributed by atoms with Crippen LogP contribution in [-0.2, 0) is 4.79 Å². The maximum Gasteiger partial charge on any atom is 0.255 e. The van der Waals surface area contributed by atoms with Gasteiger partial charge in [-0.05, 0) is 12.0 Å². The van der Waals surface area contributed by atoms with Crippen molar-refractivity contribution < 1.29 is 13.6 Å². The average Bonchev–Trinajstić information content (AvgIpc) is 2.69. The number of carbonyl (C=O) groups is 1. The van der Waals surface area contributed by atoms with Crippen molar-refractivity contribution in [2.75, 3.05) is 6.54 Å². The van der Waals surface area contributed by atoms with Gasteiger partial charge in [-0.3, -0.25) is 10.1 Å². The van der Waals surface area contributed by atoms with Crippen molar-refractivity contribution in [2.24, 2.45) is 0 Å². The van der Waals surface area contributed by atoms with Crippen LogP contribution in [0.5, 0.6) is 0 Å². The Morgan fingerprint density at radius 2 is 2.00 bits per heavy atom. The van der Waals surface area contributed by atoms with E-state index in [-0.39, 0.29) is 12.1 Å². The van der Waals surface area contributed by atoms with E-state index < -0.39 is 19.0 Å².